The van der Waals surface area contributed by atoms with Gasteiger partial charge in [0.15, 0.2) is 6.29 Å². The summed E-state index contributed by atoms with van der Waals surface area (Å²) in [6, 6.07) is -0.720. The molecule has 1 aliphatic rings. The number of amides is 1. The van der Waals surface area contributed by atoms with Gasteiger partial charge in [0, 0.05) is 6.42 Å². The predicted octanol–water partition coefficient (Wildman–Crippen LogP) is 11.7. The second kappa shape index (κ2) is 41.9. The first-order chi connectivity index (χ1) is 29.3. The third-order valence-corrected chi connectivity index (χ3v) is 12.6. The Morgan fingerprint density at radius 1 is 0.550 bits per heavy atom. The van der Waals surface area contributed by atoms with Crippen LogP contribution in [0.5, 0.6) is 0 Å². The van der Waals surface area contributed by atoms with Gasteiger partial charge < -0.3 is 40.3 Å². The third kappa shape index (κ3) is 31.7. The van der Waals surface area contributed by atoms with Crippen LogP contribution in [0.3, 0.4) is 0 Å². The van der Waals surface area contributed by atoms with Gasteiger partial charge in [-0.15, -0.1) is 0 Å². The Kier molecular flexibility index (Phi) is 39.8. The van der Waals surface area contributed by atoms with Gasteiger partial charge in [0.1, 0.15) is 24.4 Å². The number of ether oxygens (including phenoxy) is 2. The lowest BCUT2D eigenvalue weighted by Gasteiger charge is -2.40. The van der Waals surface area contributed by atoms with E-state index < -0.39 is 49.5 Å². The first kappa shape index (κ1) is 56.9. The normalized spacial score (nSPS) is 20.6. The molecule has 6 N–H and O–H groups in total. The molecule has 1 heterocycles. The molecule has 1 rings (SSSR count). The van der Waals surface area contributed by atoms with Crippen molar-refractivity contribution in [2.75, 3.05) is 13.2 Å². The number of unbranched alkanes of at least 4 members (excludes halogenated alkanes) is 32. The number of nitrogens with one attached hydrogen (secondary N) is 1. The summed E-state index contributed by atoms with van der Waals surface area (Å²) in [7, 11) is 0. The van der Waals surface area contributed by atoms with Crippen molar-refractivity contribution in [1.82, 2.24) is 5.32 Å². The van der Waals surface area contributed by atoms with Crippen LogP contribution in [-0.4, -0.2) is 87.5 Å². The van der Waals surface area contributed by atoms with E-state index in [1.165, 1.54) is 173 Å². The summed E-state index contributed by atoms with van der Waals surface area (Å²) >= 11 is 0. The molecule has 356 valence electrons. The highest BCUT2D eigenvalue weighted by Crippen LogP contribution is 2.23. The molecule has 7 unspecified atom stereocenters. The molecule has 1 amide bonds. The van der Waals surface area contributed by atoms with Gasteiger partial charge >= 0.3 is 0 Å². The average molecular weight is 854 g/mol. The van der Waals surface area contributed by atoms with Gasteiger partial charge in [-0.25, -0.2) is 0 Å². The molecule has 0 spiro atoms. The topological polar surface area (TPSA) is 149 Å². The van der Waals surface area contributed by atoms with Crippen LogP contribution >= 0.6 is 0 Å². The molecular weight excluding hydrogens is 755 g/mol. The maximum Gasteiger partial charge on any atom is 0.220 e. The van der Waals surface area contributed by atoms with Crippen LogP contribution in [0.4, 0.5) is 0 Å². The molecule has 0 radical (unpaired) electrons. The van der Waals surface area contributed by atoms with Gasteiger partial charge in [0.25, 0.3) is 0 Å². The van der Waals surface area contributed by atoms with Crippen molar-refractivity contribution in [3.05, 3.63) is 12.2 Å². The number of aliphatic hydroxyl groups excluding tert-OH is 5. The Hall–Kier alpha value is -1.07. The summed E-state index contributed by atoms with van der Waals surface area (Å²) in [5, 5.41) is 54.5. The van der Waals surface area contributed by atoms with Gasteiger partial charge in [-0.3, -0.25) is 4.79 Å². The molecule has 0 aliphatic carbocycles. The van der Waals surface area contributed by atoms with Crippen LogP contribution in [0.1, 0.15) is 251 Å². The SMILES string of the molecule is CCCCCCCCCCC/C=C\CCCCCCCC(=O)NC(COC1OC(CO)C(O)C(O)C1O)C(O)CCCCCCCCCCCCCCCCCCCCC. The minimum absolute atomic E-state index is 0.138. The maximum absolute atomic E-state index is 13.0. The molecule has 0 aromatic carbocycles. The number of rotatable bonds is 44. The fraction of sp³-hybridized carbons (Fsp3) is 0.941. The lowest BCUT2D eigenvalue weighted by atomic mass is 9.99. The van der Waals surface area contributed by atoms with Crippen molar-refractivity contribution in [2.45, 2.75) is 294 Å². The largest absolute Gasteiger partial charge is 0.394 e. The highest BCUT2D eigenvalue weighted by molar-refractivity contribution is 5.76. The molecule has 60 heavy (non-hydrogen) atoms. The van der Waals surface area contributed by atoms with Crippen LogP contribution in [0.25, 0.3) is 0 Å². The smallest absolute Gasteiger partial charge is 0.220 e. The second-order valence-corrected chi connectivity index (χ2v) is 18.3. The average Bonchev–Trinajstić information content (AvgIpc) is 3.25. The molecule has 0 aromatic heterocycles. The van der Waals surface area contributed by atoms with Crippen LogP contribution < -0.4 is 5.32 Å². The van der Waals surface area contributed by atoms with Gasteiger partial charge in [0.05, 0.1) is 25.4 Å². The molecule has 0 aromatic rings. The summed E-state index contributed by atoms with van der Waals surface area (Å²) in [6.07, 6.45) is 42.2. The number of carbonyl (C=O) groups excluding carboxylic acids is 1. The lowest BCUT2D eigenvalue weighted by Crippen LogP contribution is -2.60. The molecule has 1 aliphatic heterocycles. The first-order valence-electron chi connectivity index (χ1n) is 25.9. The number of carbonyl (C=O) groups is 1. The van der Waals surface area contributed by atoms with E-state index in [9.17, 15) is 30.3 Å². The summed E-state index contributed by atoms with van der Waals surface area (Å²) in [5.41, 5.74) is 0. The summed E-state index contributed by atoms with van der Waals surface area (Å²) in [6.45, 7) is 3.86. The molecule has 9 nitrogen and oxygen atoms in total. The van der Waals surface area contributed by atoms with Crippen molar-refractivity contribution in [1.29, 1.82) is 0 Å². The minimum Gasteiger partial charge on any atom is -0.394 e. The van der Waals surface area contributed by atoms with Crippen LogP contribution in [0, 0.1) is 0 Å². The van der Waals surface area contributed by atoms with Crippen molar-refractivity contribution >= 4 is 5.91 Å². The van der Waals surface area contributed by atoms with Crippen molar-refractivity contribution in [2.24, 2.45) is 0 Å². The molecule has 0 bridgehead atoms. The molecule has 7 atom stereocenters. The van der Waals surface area contributed by atoms with E-state index in [4.69, 9.17) is 9.47 Å². The standard InChI is InChI=1S/C51H99NO8/c1-3-5-7-9-11-13-15-17-19-21-23-24-26-28-30-32-34-36-38-40-45(54)44(43-59-51-50(58)49(57)48(56)46(42-53)60-51)52-47(55)41-39-37-35-33-31-29-27-25-22-20-18-16-14-12-10-8-6-4-2/h25,27,44-46,48-51,53-54,56-58H,3-24,26,28-43H2,1-2H3,(H,52,55)/b27-25-. The van der Waals surface area contributed by atoms with Gasteiger partial charge in [-0.2, -0.15) is 0 Å². The van der Waals surface area contributed by atoms with Crippen molar-refractivity contribution in [3.63, 3.8) is 0 Å². The highest BCUT2D eigenvalue weighted by atomic mass is 16.7. The fourth-order valence-corrected chi connectivity index (χ4v) is 8.45. The molecule has 1 fully saturated rings. The van der Waals surface area contributed by atoms with E-state index in [0.29, 0.717) is 12.8 Å². The van der Waals surface area contributed by atoms with E-state index in [1.807, 2.05) is 0 Å². The highest BCUT2D eigenvalue weighted by Gasteiger charge is 2.44. The minimum atomic E-state index is -1.55. The molecule has 1 saturated heterocycles. The van der Waals surface area contributed by atoms with E-state index in [0.717, 1.165) is 51.4 Å². The molecule has 0 saturated carbocycles. The zero-order valence-electron chi connectivity index (χ0n) is 39.2. The van der Waals surface area contributed by atoms with Crippen molar-refractivity contribution < 1.29 is 39.8 Å². The first-order valence-corrected chi connectivity index (χ1v) is 25.9. The number of hydrogen-bond donors (Lipinski definition) is 6. The van der Waals surface area contributed by atoms with Gasteiger partial charge in [-0.05, 0) is 38.5 Å². The number of hydrogen-bond acceptors (Lipinski definition) is 8. The summed E-state index contributed by atoms with van der Waals surface area (Å²) in [4.78, 5) is 13.0. The zero-order chi connectivity index (χ0) is 43.7. The second-order valence-electron chi connectivity index (χ2n) is 18.3. The lowest BCUT2D eigenvalue weighted by molar-refractivity contribution is -0.302. The fourth-order valence-electron chi connectivity index (χ4n) is 8.45. The summed E-state index contributed by atoms with van der Waals surface area (Å²) in [5.74, 6) is -0.149. The Morgan fingerprint density at radius 2 is 0.933 bits per heavy atom. The Labute approximate surface area is 369 Å². The van der Waals surface area contributed by atoms with Crippen LogP contribution in [0.2, 0.25) is 0 Å². The molecule has 9 heteroatoms. The number of aliphatic hydroxyl groups is 5. The monoisotopic (exact) mass is 854 g/mol. The Bertz CT molecular complexity index is 950. The van der Waals surface area contributed by atoms with E-state index in [1.54, 1.807) is 0 Å². The predicted molar refractivity (Wildman–Crippen MR) is 249 cm³/mol. The zero-order valence-corrected chi connectivity index (χ0v) is 39.2. The van der Waals surface area contributed by atoms with Crippen LogP contribution in [-0.2, 0) is 14.3 Å². The Morgan fingerprint density at radius 3 is 1.35 bits per heavy atom. The molecular formula is C51H99NO8. The quantitative estimate of drug-likeness (QED) is 0.0262. The Balaban J connectivity index is 2.27. The van der Waals surface area contributed by atoms with Gasteiger partial charge in [0.2, 0.25) is 5.91 Å². The van der Waals surface area contributed by atoms with E-state index in [-0.39, 0.29) is 12.5 Å². The third-order valence-electron chi connectivity index (χ3n) is 12.6. The van der Waals surface area contributed by atoms with E-state index >= 15 is 0 Å². The van der Waals surface area contributed by atoms with Crippen LogP contribution in [0.15, 0.2) is 12.2 Å². The summed E-state index contributed by atoms with van der Waals surface area (Å²) < 4.78 is 11.3. The maximum atomic E-state index is 13.0. The van der Waals surface area contributed by atoms with Crippen molar-refractivity contribution in [3.8, 4) is 0 Å². The van der Waals surface area contributed by atoms with E-state index in [2.05, 4.69) is 31.3 Å². The number of allylic oxidation sites excluding steroid dienone is 2. The van der Waals surface area contributed by atoms with Gasteiger partial charge in [-0.1, -0.05) is 219 Å².